The molecule has 0 fully saturated rings. The lowest BCUT2D eigenvalue weighted by molar-refractivity contribution is -2.00. The van der Waals surface area contributed by atoms with Crippen LogP contribution in [-0.2, 0) is 21.8 Å². The first-order valence-corrected chi connectivity index (χ1v) is 15.8. The molecule has 190 valence electrons. The number of rotatable bonds is 6. The summed E-state index contributed by atoms with van der Waals surface area (Å²) >= 11 is 0. The van der Waals surface area contributed by atoms with Crippen LogP contribution in [0.2, 0.25) is 0 Å². The van der Waals surface area contributed by atoms with Crippen molar-refractivity contribution in [1.29, 1.82) is 0 Å². The monoisotopic (exact) mass is 554 g/mol. The molecular weight excluding hydrogens is 527 g/mol. The molecule has 3 aliphatic rings. The van der Waals surface area contributed by atoms with Crippen LogP contribution < -0.4 is 37.3 Å². The van der Waals surface area contributed by atoms with Crippen LogP contribution in [0.1, 0.15) is 52.4 Å². The number of benzene rings is 2. The van der Waals surface area contributed by atoms with E-state index in [1.165, 1.54) is 38.5 Å². The molecule has 0 unspecified atom stereocenters. The van der Waals surface area contributed by atoms with Gasteiger partial charge in [-0.1, -0.05) is 51.0 Å². The number of unbranched alkanes of at least 4 members (excludes halogenated alkanes) is 2. The van der Waals surface area contributed by atoms with E-state index in [1.54, 1.807) is 19.6 Å². The van der Waals surface area contributed by atoms with Crippen molar-refractivity contribution in [1.82, 2.24) is 0 Å². The van der Waals surface area contributed by atoms with Gasteiger partial charge in [0.1, 0.15) is 0 Å². The van der Waals surface area contributed by atoms with Crippen LogP contribution >= 0.6 is 0 Å². The Morgan fingerprint density at radius 1 is 0.559 bits per heavy atom. The van der Waals surface area contributed by atoms with Gasteiger partial charge in [-0.2, -0.15) is 0 Å². The minimum Gasteiger partial charge on any atom is -0.222 e. The van der Waals surface area contributed by atoms with E-state index >= 15 is 0 Å². The zero-order valence-electron chi connectivity index (χ0n) is 18.9. The molecule has 12 heteroatoms. The molecule has 2 aromatic rings. The van der Waals surface area contributed by atoms with Gasteiger partial charge in [0.15, 0.2) is 10.5 Å². The van der Waals surface area contributed by atoms with E-state index in [9.17, 15) is 0 Å². The van der Waals surface area contributed by atoms with Crippen molar-refractivity contribution in [3.63, 3.8) is 0 Å². The van der Waals surface area contributed by atoms with Crippen LogP contribution in [0.25, 0.3) is 0 Å². The van der Waals surface area contributed by atoms with Crippen LogP contribution in [0.15, 0.2) is 68.1 Å². The fourth-order valence-electron chi connectivity index (χ4n) is 4.24. The van der Waals surface area contributed by atoms with Crippen LogP contribution in [0.5, 0.6) is 0 Å². The maximum atomic E-state index is 8.49. The summed E-state index contributed by atoms with van der Waals surface area (Å²) in [5, 5.41) is 1.76. The summed E-state index contributed by atoms with van der Waals surface area (Å²) in [6.07, 6.45) is 8.26. The molecule has 0 aliphatic carbocycles. The molecule has 2 atom stereocenters. The predicted molar refractivity (Wildman–Crippen MR) is 107 cm³/mol. The second kappa shape index (κ2) is 13.1. The molecule has 0 saturated carbocycles. The topological polar surface area (TPSA) is 184 Å². The third-order valence-corrected chi connectivity index (χ3v) is 11.4. The lowest BCUT2D eigenvalue weighted by Crippen LogP contribution is -2.68. The minimum atomic E-state index is -4.94. The Hall–Kier alpha value is -0.600. The molecule has 5 rings (SSSR count). The zero-order chi connectivity index (χ0) is 25.5. The molecular formula is C22H28Cl2O8S2. The highest BCUT2D eigenvalue weighted by Gasteiger charge is 2.64. The highest BCUT2D eigenvalue weighted by molar-refractivity contribution is 8.06. The number of hydrogen-bond acceptors (Lipinski definition) is 8. The van der Waals surface area contributed by atoms with Gasteiger partial charge in [0.25, 0.3) is 0 Å². The summed E-state index contributed by atoms with van der Waals surface area (Å²) in [7, 11) is -9.29. The molecule has 0 N–H and O–H groups in total. The Kier molecular flexibility index (Phi) is 11.4. The first-order valence-electron chi connectivity index (χ1n) is 10.7. The van der Waals surface area contributed by atoms with Gasteiger partial charge in [-0.05, 0) is 37.1 Å². The van der Waals surface area contributed by atoms with E-state index in [2.05, 4.69) is 62.4 Å². The lowest BCUT2D eigenvalue weighted by atomic mass is 10.1. The smallest absolute Gasteiger partial charge is 0.216 e. The SMILES string of the molecule is CCCC[C@H]1[C@H](CCCC)[S+]2c3ccccc3[S+]1c1ccccc12.[O-][Cl+3]([O-])([O-])[O-].[O-][Cl+3]([O-])([O-])[O-]. The maximum absolute atomic E-state index is 8.49. The molecule has 0 spiro atoms. The minimum absolute atomic E-state index is 0.299. The van der Waals surface area contributed by atoms with E-state index in [1.807, 2.05) is 0 Å². The van der Waals surface area contributed by atoms with Crippen molar-refractivity contribution in [3.8, 4) is 0 Å². The van der Waals surface area contributed by atoms with E-state index in [0.717, 1.165) is 10.5 Å². The summed E-state index contributed by atoms with van der Waals surface area (Å²) < 4.78 is 67.9. The largest absolute Gasteiger partial charge is 0.222 e. The van der Waals surface area contributed by atoms with Crippen molar-refractivity contribution in [2.75, 3.05) is 0 Å². The lowest BCUT2D eigenvalue weighted by Gasteiger charge is -2.36. The van der Waals surface area contributed by atoms with Crippen LogP contribution in [0.3, 0.4) is 0 Å². The van der Waals surface area contributed by atoms with Gasteiger partial charge in [0, 0.05) is 12.8 Å². The summed E-state index contributed by atoms with van der Waals surface area (Å²) in [6.45, 7) is 4.69. The Morgan fingerprint density at radius 2 is 0.794 bits per heavy atom. The molecule has 2 bridgehead atoms. The standard InChI is InChI=1S/C22H28S2.2ClHO4/c1-3-5-11-17-18(12-6-4-2)24-21-15-9-7-13-19(21)23(17)20-14-8-10-16-22(20)24;2*2-1(3,4)5/h7-10,13-18H,3-6,11-12H2,1-2H3;2*(H,2,3,4,5)/q+2;;/p-2/t17-,18-,23?,24?;;/m0../s1. The van der Waals surface area contributed by atoms with E-state index < -0.39 is 20.5 Å². The van der Waals surface area contributed by atoms with E-state index in [-0.39, 0.29) is 0 Å². The van der Waals surface area contributed by atoms with Crippen molar-refractivity contribution in [2.45, 2.75) is 82.5 Å². The van der Waals surface area contributed by atoms with Crippen molar-refractivity contribution >= 4 is 21.8 Å². The first kappa shape index (κ1) is 29.6. The molecule has 0 aromatic heterocycles. The first-order chi connectivity index (χ1) is 15.9. The molecule has 3 heterocycles. The number of halogens is 2. The van der Waals surface area contributed by atoms with Crippen molar-refractivity contribution in [3.05, 3.63) is 48.5 Å². The Labute approximate surface area is 210 Å². The molecule has 0 saturated heterocycles. The van der Waals surface area contributed by atoms with Gasteiger partial charge in [-0.25, -0.2) is 37.3 Å². The molecule has 2 aromatic carbocycles. The van der Waals surface area contributed by atoms with E-state index in [4.69, 9.17) is 37.3 Å². The number of fused-ring (bicyclic) bond motifs is 1. The van der Waals surface area contributed by atoms with Gasteiger partial charge >= 0.3 is 0 Å². The normalized spacial score (nSPS) is 22.5. The van der Waals surface area contributed by atoms with Gasteiger partial charge in [-0.15, -0.1) is 20.5 Å². The molecule has 8 nitrogen and oxygen atoms in total. The van der Waals surface area contributed by atoms with Gasteiger partial charge in [-0.3, -0.25) is 0 Å². The van der Waals surface area contributed by atoms with Crippen LogP contribution in [0, 0.1) is 20.5 Å². The Balaban J connectivity index is 0.000000347. The van der Waals surface area contributed by atoms with Gasteiger partial charge in [0.2, 0.25) is 19.6 Å². The van der Waals surface area contributed by atoms with Crippen LogP contribution in [-0.4, -0.2) is 10.5 Å². The van der Waals surface area contributed by atoms with E-state index in [0.29, 0.717) is 21.8 Å². The average molecular weight is 555 g/mol. The molecule has 0 amide bonds. The predicted octanol–water partition coefficient (Wildman–Crippen LogP) is -3.31. The van der Waals surface area contributed by atoms with Crippen molar-refractivity contribution < 1.29 is 57.8 Å². The fraction of sp³-hybridized carbons (Fsp3) is 0.455. The Bertz CT molecular complexity index is 775. The van der Waals surface area contributed by atoms with Crippen LogP contribution in [0.4, 0.5) is 0 Å². The molecule has 0 radical (unpaired) electrons. The third kappa shape index (κ3) is 8.81. The Morgan fingerprint density at radius 3 is 1.00 bits per heavy atom. The average Bonchev–Trinajstić information content (AvgIpc) is 2.74. The quantitative estimate of drug-likeness (QED) is 0.332. The highest BCUT2D eigenvalue weighted by Crippen LogP contribution is 2.54. The fourth-order valence-corrected chi connectivity index (χ4v) is 11.5. The molecule has 3 aliphatic heterocycles. The second-order valence-electron chi connectivity index (χ2n) is 7.69. The molecule has 34 heavy (non-hydrogen) atoms. The highest BCUT2D eigenvalue weighted by atomic mass is 35.7. The summed E-state index contributed by atoms with van der Waals surface area (Å²) in [5.41, 5.74) is 0. The maximum Gasteiger partial charge on any atom is 0.216 e. The summed E-state index contributed by atoms with van der Waals surface area (Å²) in [6, 6.07) is 18.8. The second-order valence-corrected chi connectivity index (χ2v) is 13.5. The van der Waals surface area contributed by atoms with Gasteiger partial charge in [0.05, 0.1) is 21.8 Å². The summed E-state index contributed by atoms with van der Waals surface area (Å²) in [5.74, 6) is 0. The van der Waals surface area contributed by atoms with Gasteiger partial charge < -0.3 is 0 Å². The zero-order valence-corrected chi connectivity index (χ0v) is 22.0. The number of hydrogen-bond donors (Lipinski definition) is 0. The van der Waals surface area contributed by atoms with Crippen molar-refractivity contribution in [2.24, 2.45) is 0 Å². The third-order valence-electron chi connectivity index (χ3n) is 5.35. The summed E-state index contributed by atoms with van der Waals surface area (Å²) in [4.78, 5) is 6.70.